The molecule has 0 aliphatic carbocycles. The van der Waals surface area contributed by atoms with Gasteiger partial charge in [0.25, 0.3) is 11.8 Å². The lowest BCUT2D eigenvalue weighted by Crippen LogP contribution is -2.32. The maximum Gasteiger partial charge on any atom is 0.282 e. The minimum atomic E-state index is -0.463. The summed E-state index contributed by atoms with van der Waals surface area (Å²) in [5.41, 5.74) is 2.08. The number of nitrogens with one attached hydrogen (secondary N) is 1. The molecule has 3 aromatic rings. The molecule has 0 spiro atoms. The predicted molar refractivity (Wildman–Crippen MR) is 125 cm³/mol. The van der Waals surface area contributed by atoms with Crippen LogP contribution in [-0.2, 0) is 9.59 Å². The first kappa shape index (κ1) is 21.5. The van der Waals surface area contributed by atoms with Crippen LogP contribution in [0.2, 0.25) is 5.02 Å². The van der Waals surface area contributed by atoms with Crippen molar-refractivity contribution in [1.82, 2.24) is 0 Å². The van der Waals surface area contributed by atoms with E-state index < -0.39 is 11.8 Å². The van der Waals surface area contributed by atoms with Gasteiger partial charge in [-0.05, 0) is 42.8 Å². The van der Waals surface area contributed by atoms with Gasteiger partial charge in [0.05, 0.1) is 30.0 Å². The summed E-state index contributed by atoms with van der Waals surface area (Å²) in [6.45, 7) is 2.35. The Bertz CT molecular complexity index is 1210. The minimum absolute atomic E-state index is 0.171. The zero-order valence-corrected chi connectivity index (χ0v) is 18.3. The van der Waals surface area contributed by atoms with Gasteiger partial charge in [-0.1, -0.05) is 48.0 Å². The van der Waals surface area contributed by atoms with Gasteiger partial charge in [-0.25, -0.2) is 4.90 Å². The zero-order valence-electron chi connectivity index (χ0n) is 17.6. The zero-order chi connectivity index (χ0) is 22.7. The van der Waals surface area contributed by atoms with Crippen molar-refractivity contribution in [3.8, 4) is 11.5 Å². The number of hydrogen-bond donors (Lipinski definition) is 1. The van der Waals surface area contributed by atoms with E-state index in [1.807, 2.05) is 25.1 Å². The van der Waals surface area contributed by atoms with Crippen molar-refractivity contribution in [2.45, 2.75) is 6.92 Å². The van der Waals surface area contributed by atoms with Gasteiger partial charge in [-0.3, -0.25) is 9.59 Å². The van der Waals surface area contributed by atoms with Gasteiger partial charge >= 0.3 is 0 Å². The van der Waals surface area contributed by atoms with Gasteiger partial charge in [0.1, 0.15) is 17.2 Å². The van der Waals surface area contributed by atoms with Gasteiger partial charge in [0, 0.05) is 11.8 Å². The summed E-state index contributed by atoms with van der Waals surface area (Å²) in [6.07, 6.45) is 0. The minimum Gasteiger partial charge on any atom is -0.495 e. The molecule has 6 nitrogen and oxygen atoms in total. The SMILES string of the molecule is CCOc1cccc(N2C(=O)C(Nc3ccc(OC)c(Cl)c3)=C(c3ccccc3)C2=O)c1. The number of carbonyl (C=O) groups is 2. The predicted octanol–water partition coefficient (Wildman–Crippen LogP) is 5.14. The number of nitrogens with zero attached hydrogens (tertiary/aromatic N) is 1. The Labute approximate surface area is 191 Å². The summed E-state index contributed by atoms with van der Waals surface area (Å²) in [6, 6.07) is 21.1. The Kier molecular flexibility index (Phi) is 6.14. The third-order valence-corrected chi connectivity index (χ3v) is 5.25. The van der Waals surface area contributed by atoms with Crippen molar-refractivity contribution in [2.24, 2.45) is 0 Å². The number of halogens is 1. The second-order valence-corrected chi connectivity index (χ2v) is 7.37. The number of methoxy groups -OCH3 is 1. The maximum atomic E-state index is 13.5. The molecule has 0 bridgehead atoms. The van der Waals surface area contributed by atoms with E-state index in [0.717, 1.165) is 4.90 Å². The Balaban J connectivity index is 1.78. The molecular weight excluding hydrogens is 428 g/mol. The molecule has 3 aromatic carbocycles. The van der Waals surface area contributed by atoms with Gasteiger partial charge < -0.3 is 14.8 Å². The normalized spacial score (nSPS) is 13.5. The van der Waals surface area contributed by atoms with Gasteiger partial charge in [-0.2, -0.15) is 0 Å². The number of rotatable bonds is 7. The third kappa shape index (κ3) is 4.05. The summed E-state index contributed by atoms with van der Waals surface area (Å²) < 4.78 is 10.7. The Morgan fingerprint density at radius 3 is 2.41 bits per heavy atom. The molecule has 0 atom stereocenters. The lowest BCUT2D eigenvalue weighted by atomic mass is 10.0. The van der Waals surface area contributed by atoms with Crippen LogP contribution in [0, 0.1) is 0 Å². The van der Waals surface area contributed by atoms with E-state index in [1.54, 1.807) is 54.6 Å². The highest BCUT2D eigenvalue weighted by atomic mass is 35.5. The van der Waals surface area contributed by atoms with Crippen molar-refractivity contribution < 1.29 is 19.1 Å². The largest absolute Gasteiger partial charge is 0.495 e. The van der Waals surface area contributed by atoms with E-state index in [1.165, 1.54) is 7.11 Å². The summed E-state index contributed by atoms with van der Waals surface area (Å²) in [4.78, 5) is 28.1. The van der Waals surface area contributed by atoms with Crippen molar-refractivity contribution >= 4 is 40.4 Å². The molecule has 1 heterocycles. The van der Waals surface area contributed by atoms with Crippen molar-refractivity contribution in [1.29, 1.82) is 0 Å². The molecule has 1 aliphatic heterocycles. The first-order chi connectivity index (χ1) is 15.5. The highest BCUT2D eigenvalue weighted by Crippen LogP contribution is 2.36. The second-order valence-electron chi connectivity index (χ2n) is 6.97. The fourth-order valence-corrected chi connectivity index (χ4v) is 3.78. The Hall–Kier alpha value is -3.77. The number of amides is 2. The standard InChI is InChI=1S/C25H21ClN2O4/c1-3-32-19-11-7-10-18(15-19)28-24(29)22(16-8-5-4-6-9-16)23(25(28)30)27-17-12-13-21(31-2)20(26)14-17/h4-15,27H,3H2,1-2H3. The average Bonchev–Trinajstić information content (AvgIpc) is 3.04. The van der Waals surface area contributed by atoms with Crippen LogP contribution in [0.5, 0.6) is 11.5 Å². The highest BCUT2D eigenvalue weighted by Gasteiger charge is 2.40. The lowest BCUT2D eigenvalue weighted by molar-refractivity contribution is -0.120. The number of hydrogen-bond acceptors (Lipinski definition) is 5. The number of ether oxygens (including phenoxy) is 2. The molecule has 0 saturated heterocycles. The fourth-order valence-electron chi connectivity index (χ4n) is 3.52. The molecule has 0 aromatic heterocycles. The Morgan fingerprint density at radius 1 is 0.938 bits per heavy atom. The summed E-state index contributed by atoms with van der Waals surface area (Å²) >= 11 is 6.25. The van der Waals surface area contributed by atoms with E-state index in [0.29, 0.717) is 40.1 Å². The van der Waals surface area contributed by atoms with Crippen molar-refractivity contribution in [3.63, 3.8) is 0 Å². The monoisotopic (exact) mass is 448 g/mol. The smallest absolute Gasteiger partial charge is 0.282 e. The topological polar surface area (TPSA) is 67.9 Å². The number of anilines is 2. The molecule has 0 unspecified atom stereocenters. The quantitative estimate of drug-likeness (QED) is 0.506. The van der Waals surface area contributed by atoms with Crippen LogP contribution in [0.1, 0.15) is 12.5 Å². The molecule has 0 saturated carbocycles. The van der Waals surface area contributed by atoms with Crippen LogP contribution in [0.25, 0.3) is 5.57 Å². The lowest BCUT2D eigenvalue weighted by Gasteiger charge is -2.16. The summed E-state index contributed by atoms with van der Waals surface area (Å²) in [5.74, 6) is 0.208. The van der Waals surface area contributed by atoms with Crippen LogP contribution in [0.4, 0.5) is 11.4 Å². The van der Waals surface area contributed by atoms with E-state index >= 15 is 0 Å². The molecule has 32 heavy (non-hydrogen) atoms. The number of benzene rings is 3. The molecule has 7 heteroatoms. The molecule has 1 N–H and O–H groups in total. The molecular formula is C25H21ClN2O4. The molecule has 2 amide bonds. The highest BCUT2D eigenvalue weighted by molar-refractivity contribution is 6.46. The molecule has 4 rings (SSSR count). The first-order valence-electron chi connectivity index (χ1n) is 10.1. The van der Waals surface area contributed by atoms with Crippen LogP contribution in [0.3, 0.4) is 0 Å². The van der Waals surface area contributed by atoms with E-state index in [9.17, 15) is 9.59 Å². The van der Waals surface area contributed by atoms with Gasteiger partial charge in [0.2, 0.25) is 0 Å². The number of carbonyl (C=O) groups excluding carboxylic acids is 2. The molecule has 162 valence electrons. The molecule has 0 radical (unpaired) electrons. The van der Waals surface area contributed by atoms with Gasteiger partial charge in [-0.15, -0.1) is 0 Å². The third-order valence-electron chi connectivity index (χ3n) is 4.95. The van der Waals surface area contributed by atoms with E-state index in [2.05, 4.69) is 5.32 Å². The Morgan fingerprint density at radius 2 is 1.72 bits per heavy atom. The molecule has 0 fully saturated rings. The molecule has 1 aliphatic rings. The summed E-state index contributed by atoms with van der Waals surface area (Å²) in [7, 11) is 1.53. The van der Waals surface area contributed by atoms with Crippen LogP contribution >= 0.6 is 11.6 Å². The number of imide groups is 1. The first-order valence-corrected chi connectivity index (χ1v) is 10.4. The fraction of sp³-hybridized carbons (Fsp3) is 0.120. The van der Waals surface area contributed by atoms with E-state index in [-0.39, 0.29) is 11.3 Å². The van der Waals surface area contributed by atoms with E-state index in [4.69, 9.17) is 21.1 Å². The second kappa shape index (κ2) is 9.16. The van der Waals surface area contributed by atoms with Gasteiger partial charge in [0.15, 0.2) is 0 Å². The average molecular weight is 449 g/mol. The van der Waals surface area contributed by atoms with Crippen LogP contribution < -0.4 is 19.7 Å². The van der Waals surface area contributed by atoms with Crippen LogP contribution in [0.15, 0.2) is 78.5 Å². The summed E-state index contributed by atoms with van der Waals surface area (Å²) in [5, 5.41) is 3.48. The van der Waals surface area contributed by atoms with Crippen molar-refractivity contribution in [2.75, 3.05) is 23.9 Å². The van der Waals surface area contributed by atoms with Crippen LogP contribution in [-0.4, -0.2) is 25.5 Å². The van der Waals surface area contributed by atoms with Crippen molar-refractivity contribution in [3.05, 3.63) is 89.1 Å². The maximum absolute atomic E-state index is 13.5.